The van der Waals surface area contributed by atoms with Crippen molar-refractivity contribution in [1.29, 1.82) is 0 Å². The van der Waals surface area contributed by atoms with Crippen molar-refractivity contribution < 1.29 is 4.42 Å². The summed E-state index contributed by atoms with van der Waals surface area (Å²) in [4.78, 5) is 4.70. The van der Waals surface area contributed by atoms with E-state index in [0.717, 1.165) is 83.7 Å². The molecule has 3 heteroatoms. The van der Waals surface area contributed by atoms with E-state index in [2.05, 4.69) is 265 Å². The van der Waals surface area contributed by atoms with Crippen molar-refractivity contribution in [2.75, 3.05) is 9.80 Å². The van der Waals surface area contributed by atoms with Crippen molar-refractivity contribution >= 4 is 99.2 Å². The lowest BCUT2D eigenvalue weighted by molar-refractivity contribution is 0.673. The van der Waals surface area contributed by atoms with Crippen LogP contribution < -0.4 is 9.80 Å². The predicted octanol–water partition coefficient (Wildman–Crippen LogP) is 18.5. The van der Waals surface area contributed by atoms with Gasteiger partial charge in [0, 0.05) is 49.7 Å². The quantitative estimate of drug-likeness (QED) is 0.142. The minimum absolute atomic E-state index is 0.879. The number of para-hydroxylation sites is 2. The third-order valence-corrected chi connectivity index (χ3v) is 13.4. The first-order valence-corrected chi connectivity index (χ1v) is 22.9. The Morgan fingerprint density at radius 1 is 0.254 bits per heavy atom. The zero-order valence-corrected chi connectivity index (χ0v) is 36.6. The molecule has 0 spiro atoms. The van der Waals surface area contributed by atoms with Crippen molar-refractivity contribution in [3.63, 3.8) is 0 Å². The maximum Gasteiger partial charge on any atom is 0.143 e. The summed E-state index contributed by atoms with van der Waals surface area (Å²) in [5.74, 6) is 0. The molecule has 1 heterocycles. The molecule has 0 saturated heterocycles. The van der Waals surface area contributed by atoms with E-state index in [0.29, 0.717) is 0 Å². The van der Waals surface area contributed by atoms with Crippen LogP contribution in [0.5, 0.6) is 0 Å². The first-order valence-electron chi connectivity index (χ1n) is 22.9. The van der Waals surface area contributed by atoms with Crippen LogP contribution in [0.4, 0.5) is 34.1 Å². The van der Waals surface area contributed by atoms with Crippen LogP contribution in [-0.2, 0) is 0 Å². The van der Waals surface area contributed by atoms with Gasteiger partial charge in [0.05, 0.1) is 11.4 Å². The molecular formula is C64H42N2O. The molecule has 0 aliphatic rings. The van der Waals surface area contributed by atoms with Gasteiger partial charge < -0.3 is 14.2 Å². The summed E-state index contributed by atoms with van der Waals surface area (Å²) in [7, 11) is 0. The van der Waals surface area contributed by atoms with Crippen molar-refractivity contribution in [1.82, 2.24) is 0 Å². The minimum Gasteiger partial charge on any atom is -0.455 e. The van der Waals surface area contributed by atoms with Crippen LogP contribution in [0.1, 0.15) is 0 Å². The van der Waals surface area contributed by atoms with Crippen LogP contribution in [0.25, 0.3) is 87.3 Å². The normalized spacial score (nSPS) is 11.6. The Hall–Kier alpha value is -8.92. The number of benzene rings is 12. The standard InChI is InChI=1S/C64H42N2O/c1-3-19-49(20-4-1)65(60-27-13-17-45-15-7-9-23-53(45)60)51-35-29-43(30-36-51)47-33-39-57-59(41-47)55-25-11-12-26-56(55)63-58-40-34-48(42-62(58)67-64(57)63)44-31-37-52(38-32-44)66(50-21-5-2-6-22-50)61-28-14-18-46-16-8-10-24-54(46)61/h1-42H. The van der Waals surface area contributed by atoms with Crippen molar-refractivity contribution in [2.45, 2.75) is 0 Å². The van der Waals surface area contributed by atoms with Crippen molar-refractivity contribution in [2.24, 2.45) is 0 Å². The predicted molar refractivity (Wildman–Crippen MR) is 284 cm³/mol. The molecule has 0 saturated carbocycles. The Balaban J connectivity index is 0.872. The second-order valence-electron chi connectivity index (χ2n) is 17.3. The SMILES string of the molecule is c1ccc(N(c2ccc(-c3ccc4c(c3)oc3c5ccc(-c6ccc(N(c7ccccc7)c7cccc8ccccc78)cc6)cc5c5ccccc5c43)cc2)c2cccc3ccccc23)cc1. The molecule has 0 fully saturated rings. The fourth-order valence-electron chi connectivity index (χ4n) is 10.2. The van der Waals surface area contributed by atoms with Gasteiger partial charge in [-0.3, -0.25) is 0 Å². The van der Waals surface area contributed by atoms with Gasteiger partial charge in [-0.25, -0.2) is 0 Å². The molecule has 3 nitrogen and oxygen atoms in total. The highest BCUT2D eigenvalue weighted by molar-refractivity contribution is 6.30. The lowest BCUT2D eigenvalue weighted by Crippen LogP contribution is -2.10. The highest BCUT2D eigenvalue weighted by Gasteiger charge is 2.20. The molecule has 0 atom stereocenters. The summed E-state index contributed by atoms with van der Waals surface area (Å²) in [5.41, 5.74) is 13.1. The number of anilines is 6. The molecule has 0 amide bonds. The Kier molecular flexibility index (Phi) is 9.17. The van der Waals surface area contributed by atoms with Gasteiger partial charge in [0.25, 0.3) is 0 Å². The first kappa shape index (κ1) is 38.5. The molecule has 0 aliphatic heterocycles. The summed E-state index contributed by atoms with van der Waals surface area (Å²) < 4.78 is 6.94. The number of fused-ring (bicyclic) bond motifs is 10. The minimum atomic E-state index is 0.879. The zero-order chi connectivity index (χ0) is 44.3. The molecule has 1 aromatic heterocycles. The van der Waals surface area contributed by atoms with Crippen molar-refractivity contribution in [3.8, 4) is 22.3 Å². The van der Waals surface area contributed by atoms with E-state index in [4.69, 9.17) is 4.42 Å². The second-order valence-corrected chi connectivity index (χ2v) is 17.3. The molecule has 0 radical (unpaired) electrons. The molecule has 0 unspecified atom stereocenters. The Bertz CT molecular complexity index is 3960. The van der Waals surface area contributed by atoms with Crippen LogP contribution in [0.2, 0.25) is 0 Å². The molecule has 13 aromatic rings. The largest absolute Gasteiger partial charge is 0.455 e. The first-order chi connectivity index (χ1) is 33.2. The Morgan fingerprint density at radius 2 is 0.672 bits per heavy atom. The van der Waals surface area contributed by atoms with Crippen LogP contribution >= 0.6 is 0 Å². The Labute approximate surface area is 388 Å². The van der Waals surface area contributed by atoms with E-state index in [1.54, 1.807) is 0 Å². The molecule has 0 bridgehead atoms. The highest BCUT2D eigenvalue weighted by atomic mass is 16.3. The number of rotatable bonds is 8. The Morgan fingerprint density at radius 3 is 1.22 bits per heavy atom. The molecule has 13 rings (SSSR count). The monoisotopic (exact) mass is 854 g/mol. The van der Waals surface area contributed by atoms with Gasteiger partial charge in [-0.05, 0) is 134 Å². The van der Waals surface area contributed by atoms with E-state index in [1.807, 2.05) is 0 Å². The van der Waals surface area contributed by atoms with Crippen LogP contribution in [0.15, 0.2) is 259 Å². The van der Waals surface area contributed by atoms with Crippen molar-refractivity contribution in [3.05, 3.63) is 255 Å². The van der Waals surface area contributed by atoms with Gasteiger partial charge in [0.15, 0.2) is 0 Å². The molecule has 0 aliphatic carbocycles. The molecule has 12 aromatic carbocycles. The molecule has 0 N–H and O–H groups in total. The summed E-state index contributed by atoms with van der Waals surface area (Å²) in [6.45, 7) is 0. The number of hydrogen-bond donors (Lipinski definition) is 0. The number of nitrogens with zero attached hydrogens (tertiary/aromatic N) is 2. The van der Waals surface area contributed by atoms with Gasteiger partial charge in [0.2, 0.25) is 0 Å². The van der Waals surface area contributed by atoms with Gasteiger partial charge >= 0.3 is 0 Å². The van der Waals surface area contributed by atoms with Gasteiger partial charge in [-0.15, -0.1) is 0 Å². The number of hydrogen-bond acceptors (Lipinski definition) is 3. The van der Waals surface area contributed by atoms with Gasteiger partial charge in [0.1, 0.15) is 11.2 Å². The third-order valence-electron chi connectivity index (χ3n) is 13.4. The number of furan rings is 1. The highest BCUT2D eigenvalue weighted by Crippen LogP contribution is 2.45. The summed E-state index contributed by atoms with van der Waals surface area (Å²) in [5, 5.41) is 11.8. The zero-order valence-electron chi connectivity index (χ0n) is 36.6. The van der Waals surface area contributed by atoms with E-state index in [9.17, 15) is 0 Å². The van der Waals surface area contributed by atoms with Crippen LogP contribution in [0, 0.1) is 0 Å². The summed E-state index contributed by atoms with van der Waals surface area (Å²) in [6, 6.07) is 91.6. The summed E-state index contributed by atoms with van der Waals surface area (Å²) >= 11 is 0. The van der Waals surface area contributed by atoms with Gasteiger partial charge in [-0.1, -0.05) is 170 Å². The second kappa shape index (κ2) is 16.0. The fourth-order valence-corrected chi connectivity index (χ4v) is 10.2. The molecule has 67 heavy (non-hydrogen) atoms. The smallest absolute Gasteiger partial charge is 0.143 e. The lowest BCUT2D eigenvalue weighted by Gasteiger charge is -2.27. The average molecular weight is 855 g/mol. The third kappa shape index (κ3) is 6.59. The lowest BCUT2D eigenvalue weighted by atomic mass is 9.93. The van der Waals surface area contributed by atoms with E-state index in [1.165, 1.54) is 37.7 Å². The molecule has 314 valence electrons. The van der Waals surface area contributed by atoms with E-state index < -0.39 is 0 Å². The maximum absolute atomic E-state index is 6.94. The summed E-state index contributed by atoms with van der Waals surface area (Å²) in [6.07, 6.45) is 0. The van der Waals surface area contributed by atoms with E-state index in [-0.39, 0.29) is 0 Å². The fraction of sp³-hybridized carbons (Fsp3) is 0. The van der Waals surface area contributed by atoms with Crippen LogP contribution in [-0.4, -0.2) is 0 Å². The molecular weight excluding hydrogens is 813 g/mol. The topological polar surface area (TPSA) is 19.6 Å². The van der Waals surface area contributed by atoms with Crippen LogP contribution in [0.3, 0.4) is 0 Å². The van der Waals surface area contributed by atoms with Gasteiger partial charge in [-0.2, -0.15) is 0 Å². The maximum atomic E-state index is 6.94. The van der Waals surface area contributed by atoms with E-state index >= 15 is 0 Å². The average Bonchev–Trinajstić information content (AvgIpc) is 3.79.